The van der Waals surface area contributed by atoms with Crippen LogP contribution < -0.4 is 10.6 Å². The molecule has 0 bridgehead atoms. The number of carbonyl (C=O) groups excluding carboxylic acids is 1. The number of rotatable bonds is 6. The first kappa shape index (κ1) is 14.6. The van der Waals surface area contributed by atoms with E-state index in [-0.39, 0.29) is 17.4 Å². The molecule has 21 heavy (non-hydrogen) atoms. The molecule has 1 aromatic carbocycles. The Morgan fingerprint density at radius 1 is 1.29 bits per heavy atom. The third-order valence-electron chi connectivity index (χ3n) is 2.66. The van der Waals surface area contributed by atoms with Gasteiger partial charge in [-0.05, 0) is 23.8 Å². The van der Waals surface area contributed by atoms with Gasteiger partial charge in [0.15, 0.2) is 0 Å². The van der Waals surface area contributed by atoms with Crippen LogP contribution in [0.1, 0.15) is 16.1 Å². The summed E-state index contributed by atoms with van der Waals surface area (Å²) >= 11 is 0. The summed E-state index contributed by atoms with van der Waals surface area (Å²) in [5, 5.41) is 5.63. The fraction of sp³-hybridized carbons (Fsp3) is 0.133. The zero-order valence-corrected chi connectivity index (χ0v) is 11.3. The van der Waals surface area contributed by atoms with Gasteiger partial charge in [0.2, 0.25) is 5.95 Å². The first-order valence-corrected chi connectivity index (χ1v) is 6.39. The van der Waals surface area contributed by atoms with Crippen LogP contribution in [0.4, 0.5) is 10.3 Å². The molecule has 2 aromatic rings. The van der Waals surface area contributed by atoms with E-state index in [2.05, 4.69) is 27.2 Å². The first-order chi connectivity index (χ1) is 10.2. The smallest absolute Gasteiger partial charge is 0.270 e. The van der Waals surface area contributed by atoms with Gasteiger partial charge in [-0.2, -0.15) is 0 Å². The van der Waals surface area contributed by atoms with E-state index in [0.29, 0.717) is 19.0 Å². The van der Waals surface area contributed by atoms with Crippen molar-refractivity contribution >= 4 is 11.9 Å². The summed E-state index contributed by atoms with van der Waals surface area (Å²) in [6.07, 6.45) is 3.18. The van der Waals surface area contributed by atoms with E-state index in [4.69, 9.17) is 0 Å². The number of carbonyl (C=O) groups is 1. The molecule has 2 N–H and O–H groups in total. The Hall–Kier alpha value is -2.76. The molecule has 0 aliphatic heterocycles. The number of nitrogens with one attached hydrogen (secondary N) is 2. The molecule has 0 radical (unpaired) electrons. The first-order valence-electron chi connectivity index (χ1n) is 6.39. The second kappa shape index (κ2) is 7.14. The Morgan fingerprint density at radius 2 is 2.05 bits per heavy atom. The lowest BCUT2D eigenvalue weighted by molar-refractivity contribution is 0.0946. The van der Waals surface area contributed by atoms with Crippen LogP contribution in [-0.4, -0.2) is 22.4 Å². The molecular weight excluding hydrogens is 271 g/mol. The van der Waals surface area contributed by atoms with Crippen molar-refractivity contribution in [3.05, 3.63) is 66.3 Å². The molecule has 0 aliphatic carbocycles. The van der Waals surface area contributed by atoms with Gasteiger partial charge in [0.05, 0.1) is 0 Å². The number of aromatic nitrogens is 2. The Balaban J connectivity index is 1.96. The van der Waals surface area contributed by atoms with Crippen LogP contribution in [0.2, 0.25) is 0 Å². The third-order valence-corrected chi connectivity index (χ3v) is 2.66. The number of nitrogens with zero attached hydrogens (tertiary/aromatic N) is 2. The van der Waals surface area contributed by atoms with Crippen LogP contribution in [-0.2, 0) is 6.54 Å². The van der Waals surface area contributed by atoms with Crippen LogP contribution in [0.25, 0.3) is 0 Å². The van der Waals surface area contributed by atoms with Gasteiger partial charge in [0.1, 0.15) is 11.5 Å². The van der Waals surface area contributed by atoms with Crippen molar-refractivity contribution < 1.29 is 9.18 Å². The van der Waals surface area contributed by atoms with Crippen molar-refractivity contribution in [3.63, 3.8) is 0 Å². The Labute approximate surface area is 121 Å². The van der Waals surface area contributed by atoms with E-state index < -0.39 is 0 Å². The molecule has 0 fully saturated rings. The Bertz CT molecular complexity index is 628. The second-order valence-corrected chi connectivity index (χ2v) is 4.24. The molecule has 0 saturated carbocycles. The number of halogens is 1. The molecule has 5 nitrogen and oxygen atoms in total. The molecule has 0 spiro atoms. The van der Waals surface area contributed by atoms with Gasteiger partial charge < -0.3 is 10.6 Å². The molecule has 0 aliphatic rings. The molecule has 0 saturated heterocycles. The average molecular weight is 286 g/mol. The lowest BCUT2D eigenvalue weighted by Gasteiger charge is -2.06. The third kappa shape index (κ3) is 4.38. The molecule has 1 amide bonds. The highest BCUT2D eigenvalue weighted by atomic mass is 19.1. The Morgan fingerprint density at radius 3 is 2.76 bits per heavy atom. The quantitative estimate of drug-likeness (QED) is 0.798. The lowest BCUT2D eigenvalue weighted by atomic mass is 10.2. The van der Waals surface area contributed by atoms with E-state index in [1.807, 2.05) is 0 Å². The van der Waals surface area contributed by atoms with E-state index >= 15 is 0 Å². The van der Waals surface area contributed by atoms with Crippen molar-refractivity contribution in [2.24, 2.45) is 0 Å². The summed E-state index contributed by atoms with van der Waals surface area (Å²) < 4.78 is 12.8. The summed E-state index contributed by atoms with van der Waals surface area (Å²) in [6.45, 7) is 4.40. The maximum Gasteiger partial charge on any atom is 0.270 e. The minimum atomic E-state index is -0.316. The van der Waals surface area contributed by atoms with E-state index in [1.54, 1.807) is 18.2 Å². The molecule has 1 aromatic heterocycles. The highest BCUT2D eigenvalue weighted by Gasteiger charge is 2.08. The predicted molar refractivity (Wildman–Crippen MR) is 78.3 cm³/mol. The van der Waals surface area contributed by atoms with Crippen molar-refractivity contribution in [2.75, 3.05) is 11.9 Å². The minimum absolute atomic E-state index is 0.263. The second-order valence-electron chi connectivity index (χ2n) is 4.24. The zero-order valence-electron chi connectivity index (χ0n) is 11.3. The van der Waals surface area contributed by atoms with Gasteiger partial charge in [-0.15, -0.1) is 6.58 Å². The summed E-state index contributed by atoms with van der Waals surface area (Å²) in [4.78, 5) is 20.1. The molecule has 0 unspecified atom stereocenters. The summed E-state index contributed by atoms with van der Waals surface area (Å²) in [7, 11) is 0. The fourth-order valence-corrected chi connectivity index (χ4v) is 1.61. The van der Waals surface area contributed by atoms with Crippen molar-refractivity contribution in [3.8, 4) is 0 Å². The maximum absolute atomic E-state index is 12.8. The highest BCUT2D eigenvalue weighted by molar-refractivity contribution is 5.92. The van der Waals surface area contributed by atoms with Gasteiger partial charge in [-0.1, -0.05) is 18.2 Å². The van der Waals surface area contributed by atoms with Crippen LogP contribution in [0.3, 0.4) is 0 Å². The van der Waals surface area contributed by atoms with E-state index in [1.165, 1.54) is 24.4 Å². The van der Waals surface area contributed by atoms with Gasteiger partial charge in [0, 0.05) is 19.3 Å². The zero-order chi connectivity index (χ0) is 15.1. The van der Waals surface area contributed by atoms with E-state index in [0.717, 1.165) is 5.56 Å². The van der Waals surface area contributed by atoms with E-state index in [9.17, 15) is 9.18 Å². The number of hydrogen-bond acceptors (Lipinski definition) is 4. The lowest BCUT2D eigenvalue weighted by Crippen LogP contribution is -2.24. The molecule has 0 atom stereocenters. The summed E-state index contributed by atoms with van der Waals surface area (Å²) in [5.74, 6) is -0.258. The van der Waals surface area contributed by atoms with Crippen LogP contribution in [0, 0.1) is 5.82 Å². The van der Waals surface area contributed by atoms with Crippen molar-refractivity contribution in [1.82, 2.24) is 15.3 Å². The molecule has 1 heterocycles. The van der Waals surface area contributed by atoms with Gasteiger partial charge in [-0.25, -0.2) is 14.4 Å². The topological polar surface area (TPSA) is 66.9 Å². The number of amides is 1. The SMILES string of the molecule is C=CCNc1nccc(C(=O)NCc2ccc(F)cc2)n1. The van der Waals surface area contributed by atoms with Gasteiger partial charge >= 0.3 is 0 Å². The summed E-state index contributed by atoms with van der Waals surface area (Å²) in [5.41, 5.74) is 1.07. The van der Waals surface area contributed by atoms with Crippen LogP contribution in [0.15, 0.2) is 49.2 Å². The maximum atomic E-state index is 12.8. The number of benzene rings is 1. The average Bonchev–Trinajstić information content (AvgIpc) is 2.52. The molecule has 2 rings (SSSR count). The highest BCUT2D eigenvalue weighted by Crippen LogP contribution is 2.04. The van der Waals surface area contributed by atoms with Crippen molar-refractivity contribution in [2.45, 2.75) is 6.54 Å². The number of anilines is 1. The molecule has 6 heteroatoms. The fourth-order valence-electron chi connectivity index (χ4n) is 1.61. The minimum Gasteiger partial charge on any atom is -0.351 e. The van der Waals surface area contributed by atoms with Crippen LogP contribution in [0.5, 0.6) is 0 Å². The van der Waals surface area contributed by atoms with Crippen molar-refractivity contribution in [1.29, 1.82) is 0 Å². The largest absolute Gasteiger partial charge is 0.351 e. The monoisotopic (exact) mass is 286 g/mol. The Kier molecular flexibility index (Phi) is 4.98. The van der Waals surface area contributed by atoms with Gasteiger partial charge in [0.25, 0.3) is 5.91 Å². The normalized spacial score (nSPS) is 9.95. The molecule has 108 valence electrons. The van der Waals surface area contributed by atoms with Crippen LogP contribution >= 0.6 is 0 Å². The standard InChI is InChI=1S/C15H15FN4O/c1-2-8-17-15-18-9-7-13(20-15)14(21)19-10-11-3-5-12(16)6-4-11/h2-7,9H,1,8,10H2,(H,19,21)(H,17,18,20). The molecular formula is C15H15FN4O. The van der Waals surface area contributed by atoms with Gasteiger partial charge in [-0.3, -0.25) is 4.79 Å². The summed E-state index contributed by atoms with van der Waals surface area (Å²) in [6, 6.07) is 7.46. The number of hydrogen-bond donors (Lipinski definition) is 2. The predicted octanol–water partition coefficient (Wildman–Crippen LogP) is 2.14.